The third kappa shape index (κ3) is 6.58. The van der Waals surface area contributed by atoms with Crippen molar-refractivity contribution >= 4 is 17.7 Å². The lowest BCUT2D eigenvalue weighted by Gasteiger charge is -2.72. The second-order valence-corrected chi connectivity index (χ2v) is 21.2. The van der Waals surface area contributed by atoms with Gasteiger partial charge in [0.2, 0.25) is 0 Å². The average molecular weight is 739 g/mol. The minimum Gasteiger partial charge on any atom is -0.481 e. The van der Waals surface area contributed by atoms with E-state index in [1.165, 1.54) is 24.8 Å². The zero-order valence-corrected chi connectivity index (χ0v) is 35.0. The molecule has 0 aromatic heterocycles. The Balaban J connectivity index is 1.28. The summed E-state index contributed by atoms with van der Waals surface area (Å²) in [6.45, 7) is 23.3. The molecule has 6 aliphatic carbocycles. The van der Waals surface area contributed by atoms with Crippen LogP contribution in [0.15, 0.2) is 11.1 Å². The summed E-state index contributed by atoms with van der Waals surface area (Å²) in [4.78, 5) is 41.6. The van der Waals surface area contributed by atoms with Gasteiger partial charge in [0.25, 0.3) is 0 Å². The predicted octanol–water partition coefficient (Wildman–Crippen LogP) is 8.06. The fourth-order valence-electron chi connectivity index (χ4n) is 13.9. The summed E-state index contributed by atoms with van der Waals surface area (Å²) in [5, 5.41) is 25.5. The SMILES string of the molecule is CNCCN(CC1CCC1)C[C@H](O)[C@@]12CC[C@]3(C)[C@H](CC[C@@H]4[C@@]5(C)CC[C@H](OC(=O)CC(C)(C)C(=O)O)C(C)(C)[C@@H]5CC[C@]43C)C1=C(C(C)C)C(=O)C2. The number of aliphatic carboxylic acids is 1. The maximum atomic E-state index is 14.2. The monoisotopic (exact) mass is 739 g/mol. The molecule has 0 spiro atoms. The zero-order chi connectivity index (χ0) is 38.9. The largest absolute Gasteiger partial charge is 0.481 e. The van der Waals surface area contributed by atoms with Crippen LogP contribution in [0.4, 0.5) is 0 Å². The van der Waals surface area contributed by atoms with Crippen LogP contribution in [0.1, 0.15) is 146 Å². The van der Waals surface area contributed by atoms with E-state index in [9.17, 15) is 24.6 Å². The normalized spacial score (nSPS) is 38.8. The number of esters is 1. The highest BCUT2D eigenvalue weighted by Gasteiger charge is 2.71. The summed E-state index contributed by atoms with van der Waals surface area (Å²) in [5.41, 5.74) is 0.703. The van der Waals surface area contributed by atoms with Crippen LogP contribution in [0, 0.1) is 62.1 Å². The van der Waals surface area contributed by atoms with Crippen molar-refractivity contribution in [2.24, 2.45) is 62.1 Å². The van der Waals surface area contributed by atoms with Crippen LogP contribution in [-0.4, -0.2) is 78.3 Å². The summed E-state index contributed by atoms with van der Waals surface area (Å²) >= 11 is 0. The molecule has 3 N–H and O–H groups in total. The van der Waals surface area contributed by atoms with Crippen molar-refractivity contribution in [2.75, 3.05) is 33.2 Å². The molecule has 6 aliphatic rings. The Morgan fingerprint density at radius 2 is 1.64 bits per heavy atom. The number of aliphatic hydroxyl groups excluding tert-OH is 1. The molecule has 0 aromatic carbocycles. The molecule has 0 bridgehead atoms. The Morgan fingerprint density at radius 3 is 2.25 bits per heavy atom. The summed E-state index contributed by atoms with van der Waals surface area (Å²) in [5.74, 6) is 0.935. The maximum absolute atomic E-state index is 14.2. The highest BCUT2D eigenvalue weighted by molar-refractivity contribution is 6.00. The lowest BCUT2D eigenvalue weighted by Crippen LogP contribution is -2.66. The van der Waals surface area contributed by atoms with Crippen LogP contribution in [0.5, 0.6) is 0 Å². The number of ether oxygens (including phenoxy) is 1. The van der Waals surface area contributed by atoms with Crippen molar-refractivity contribution in [3.63, 3.8) is 0 Å². The molecule has 0 aromatic rings. The number of hydrogen-bond donors (Lipinski definition) is 3. The zero-order valence-electron chi connectivity index (χ0n) is 35.0. The highest BCUT2D eigenvalue weighted by atomic mass is 16.5. The lowest BCUT2D eigenvalue weighted by atomic mass is 9.33. The standard InChI is InChI=1S/C45H74N2O6/c1-28(2)37-31(48)24-45(34(49)27-47(23-22-46-10)26-29-12-11-13-29)21-20-43(8)30(38(37)45)14-15-33-42(7)18-17-35(53-36(50)25-40(3,4)39(51)52)41(5,6)32(42)16-19-44(33,43)9/h28-30,32-35,46,49H,11-27H2,1-10H3,(H,51,52)/t30-,32+,33-,34+,35+,42+,43-,44-,45+/m1/s1. The maximum Gasteiger partial charge on any atom is 0.309 e. The first-order chi connectivity index (χ1) is 24.7. The van der Waals surface area contributed by atoms with Crippen LogP contribution in [0.2, 0.25) is 0 Å². The van der Waals surface area contributed by atoms with E-state index in [2.05, 4.69) is 58.7 Å². The first kappa shape index (κ1) is 40.9. The molecule has 9 atom stereocenters. The number of carboxylic acids is 1. The molecular formula is C45H74N2O6. The predicted molar refractivity (Wildman–Crippen MR) is 209 cm³/mol. The molecule has 8 heteroatoms. The molecule has 0 amide bonds. The number of carbonyl (C=O) groups excluding carboxylic acids is 2. The first-order valence-electron chi connectivity index (χ1n) is 21.4. The first-order valence-corrected chi connectivity index (χ1v) is 21.4. The van der Waals surface area contributed by atoms with E-state index in [4.69, 9.17) is 4.74 Å². The molecule has 0 unspecified atom stereocenters. The Bertz CT molecular complexity index is 1460. The Labute approximate surface area is 321 Å². The molecule has 0 heterocycles. The van der Waals surface area contributed by atoms with Crippen molar-refractivity contribution in [2.45, 2.75) is 158 Å². The van der Waals surface area contributed by atoms with E-state index in [0.29, 0.717) is 24.8 Å². The number of ketones is 1. The van der Waals surface area contributed by atoms with Crippen LogP contribution in [0.25, 0.3) is 0 Å². The number of nitrogens with zero attached hydrogens (tertiary/aromatic N) is 1. The number of likely N-dealkylation sites (N-methyl/N-ethyl adjacent to an activating group) is 1. The van der Waals surface area contributed by atoms with Crippen molar-refractivity contribution in [3.8, 4) is 0 Å². The Hall–Kier alpha value is -1.77. The summed E-state index contributed by atoms with van der Waals surface area (Å²) in [7, 11) is 2.00. The smallest absolute Gasteiger partial charge is 0.309 e. The number of carboxylic acid groups (broad SMARTS) is 1. The van der Waals surface area contributed by atoms with E-state index in [0.717, 1.165) is 82.5 Å². The molecular weight excluding hydrogens is 665 g/mol. The minimum atomic E-state index is -1.16. The van der Waals surface area contributed by atoms with Gasteiger partial charge in [0, 0.05) is 43.4 Å². The van der Waals surface area contributed by atoms with Crippen LogP contribution in [-0.2, 0) is 19.1 Å². The number of Topliss-reactive ketones (excluding diaryl/α,β-unsaturated/α-hetero) is 1. The van der Waals surface area contributed by atoms with E-state index in [1.807, 2.05) is 7.05 Å². The van der Waals surface area contributed by atoms with Gasteiger partial charge in [-0.05, 0) is 137 Å². The quantitative estimate of drug-likeness (QED) is 0.163. The molecule has 300 valence electrons. The van der Waals surface area contributed by atoms with Crippen molar-refractivity contribution in [1.29, 1.82) is 0 Å². The number of rotatable bonds is 13. The van der Waals surface area contributed by atoms with Crippen LogP contribution < -0.4 is 5.32 Å². The van der Waals surface area contributed by atoms with Crippen molar-refractivity contribution in [1.82, 2.24) is 10.2 Å². The Morgan fingerprint density at radius 1 is 0.943 bits per heavy atom. The van der Waals surface area contributed by atoms with Gasteiger partial charge < -0.3 is 20.3 Å². The van der Waals surface area contributed by atoms with Crippen LogP contribution >= 0.6 is 0 Å². The number of allylic oxidation sites excluding steroid dienone is 1. The van der Waals surface area contributed by atoms with Gasteiger partial charge in [0.05, 0.1) is 17.9 Å². The third-order valence-electron chi connectivity index (χ3n) is 17.4. The minimum absolute atomic E-state index is 0.0147. The van der Waals surface area contributed by atoms with Gasteiger partial charge in [-0.2, -0.15) is 0 Å². The summed E-state index contributed by atoms with van der Waals surface area (Å²) in [6, 6.07) is 0. The Kier molecular flexibility index (Phi) is 11.0. The number of hydrogen-bond acceptors (Lipinski definition) is 7. The third-order valence-corrected chi connectivity index (χ3v) is 17.4. The molecule has 5 fully saturated rings. The van der Waals surface area contributed by atoms with E-state index >= 15 is 0 Å². The van der Waals surface area contributed by atoms with E-state index < -0.39 is 28.9 Å². The molecule has 5 saturated carbocycles. The second kappa shape index (κ2) is 14.3. The summed E-state index contributed by atoms with van der Waals surface area (Å²) < 4.78 is 6.19. The fraction of sp³-hybridized carbons (Fsp3) is 0.889. The van der Waals surface area contributed by atoms with Crippen molar-refractivity contribution in [3.05, 3.63) is 11.1 Å². The number of aliphatic hydroxyl groups is 1. The van der Waals surface area contributed by atoms with E-state index in [-0.39, 0.29) is 51.8 Å². The van der Waals surface area contributed by atoms with Crippen molar-refractivity contribution < 1.29 is 29.3 Å². The average Bonchev–Trinajstić information content (AvgIpc) is 3.36. The highest BCUT2D eigenvalue weighted by Crippen LogP contribution is 2.77. The molecule has 8 nitrogen and oxygen atoms in total. The van der Waals surface area contributed by atoms with Gasteiger partial charge in [0.1, 0.15) is 6.10 Å². The topological polar surface area (TPSA) is 116 Å². The fourth-order valence-corrected chi connectivity index (χ4v) is 13.9. The van der Waals surface area contributed by atoms with Crippen LogP contribution in [0.3, 0.4) is 0 Å². The van der Waals surface area contributed by atoms with Gasteiger partial charge in [-0.15, -0.1) is 0 Å². The molecule has 6 rings (SSSR count). The molecule has 0 radical (unpaired) electrons. The van der Waals surface area contributed by atoms with Gasteiger partial charge in [-0.25, -0.2) is 0 Å². The van der Waals surface area contributed by atoms with Gasteiger partial charge in [-0.1, -0.05) is 60.5 Å². The van der Waals surface area contributed by atoms with Gasteiger partial charge >= 0.3 is 11.9 Å². The van der Waals surface area contributed by atoms with E-state index in [1.54, 1.807) is 13.8 Å². The number of carbonyl (C=O) groups is 3. The lowest BCUT2D eigenvalue weighted by molar-refractivity contribution is -0.235. The molecule has 53 heavy (non-hydrogen) atoms. The second-order valence-electron chi connectivity index (χ2n) is 21.2. The van der Waals surface area contributed by atoms with Gasteiger partial charge in [0.15, 0.2) is 5.78 Å². The number of fused-ring (bicyclic) bond motifs is 7. The number of nitrogens with one attached hydrogen (secondary N) is 1. The van der Waals surface area contributed by atoms with Gasteiger partial charge in [-0.3, -0.25) is 19.3 Å². The summed E-state index contributed by atoms with van der Waals surface area (Å²) in [6.07, 6.45) is 11.5. The molecule has 0 aliphatic heterocycles. The molecule has 0 saturated heterocycles.